The standard InChI is InChI=1S/C21H11BrClN3O2S/c22-13-5-7-17-12(9-13)10-18(28-17)20-25-16-4-2-1-3-15(16)21(27)26(20)24-11-14-6-8-19(23)29-14/h1-11H. The molecule has 5 nitrogen and oxygen atoms in total. The van der Waals surface area contributed by atoms with Crippen molar-refractivity contribution in [1.29, 1.82) is 0 Å². The number of nitrogens with zero attached hydrogens (tertiary/aromatic N) is 3. The molecule has 3 aromatic heterocycles. The Balaban J connectivity index is 1.75. The summed E-state index contributed by atoms with van der Waals surface area (Å²) in [4.78, 5) is 18.6. The molecular formula is C21H11BrClN3O2S. The average molecular weight is 485 g/mol. The van der Waals surface area contributed by atoms with Gasteiger partial charge in [-0.25, -0.2) is 4.98 Å². The van der Waals surface area contributed by atoms with Gasteiger partial charge in [0.25, 0.3) is 5.56 Å². The van der Waals surface area contributed by atoms with E-state index in [0.29, 0.717) is 32.4 Å². The summed E-state index contributed by atoms with van der Waals surface area (Å²) in [5.74, 6) is 0.794. The number of halogens is 2. The van der Waals surface area contributed by atoms with Crippen LogP contribution in [0.2, 0.25) is 4.34 Å². The minimum Gasteiger partial charge on any atom is -0.453 e. The second kappa shape index (κ2) is 7.26. The number of benzene rings is 2. The number of thiophene rings is 1. The predicted octanol–water partition coefficient (Wildman–Crippen LogP) is 6.17. The molecule has 0 spiro atoms. The summed E-state index contributed by atoms with van der Waals surface area (Å²) in [7, 11) is 0. The van der Waals surface area contributed by atoms with Crippen LogP contribution < -0.4 is 5.56 Å². The van der Waals surface area contributed by atoms with Crippen LogP contribution in [-0.4, -0.2) is 15.9 Å². The molecule has 0 saturated heterocycles. The second-order valence-electron chi connectivity index (χ2n) is 6.25. The summed E-state index contributed by atoms with van der Waals surface area (Å²) in [6, 6.07) is 18.4. The van der Waals surface area contributed by atoms with Gasteiger partial charge in [0.2, 0.25) is 5.82 Å². The largest absolute Gasteiger partial charge is 0.453 e. The van der Waals surface area contributed by atoms with E-state index in [1.165, 1.54) is 16.0 Å². The molecule has 0 atom stereocenters. The molecule has 142 valence electrons. The van der Waals surface area contributed by atoms with Crippen molar-refractivity contribution < 1.29 is 4.42 Å². The van der Waals surface area contributed by atoms with Gasteiger partial charge in [-0.15, -0.1) is 11.3 Å². The Hall–Kier alpha value is -2.74. The van der Waals surface area contributed by atoms with Gasteiger partial charge < -0.3 is 4.42 Å². The molecule has 0 aliphatic rings. The Labute approximate surface area is 182 Å². The van der Waals surface area contributed by atoms with Crippen molar-refractivity contribution in [3.8, 4) is 11.6 Å². The molecule has 0 unspecified atom stereocenters. The first-order chi connectivity index (χ1) is 14.1. The maximum atomic E-state index is 13.2. The van der Waals surface area contributed by atoms with Crippen LogP contribution in [0.5, 0.6) is 0 Å². The summed E-state index contributed by atoms with van der Waals surface area (Å²) in [5, 5.41) is 5.79. The topological polar surface area (TPSA) is 60.4 Å². The molecule has 0 fully saturated rings. The second-order valence-corrected chi connectivity index (χ2v) is 8.91. The number of hydrogen-bond donors (Lipinski definition) is 0. The number of hydrogen-bond acceptors (Lipinski definition) is 5. The maximum absolute atomic E-state index is 13.2. The van der Waals surface area contributed by atoms with Gasteiger partial charge >= 0.3 is 0 Å². The highest BCUT2D eigenvalue weighted by Gasteiger charge is 2.16. The van der Waals surface area contributed by atoms with E-state index in [-0.39, 0.29) is 5.56 Å². The van der Waals surface area contributed by atoms with Crippen LogP contribution >= 0.6 is 38.9 Å². The van der Waals surface area contributed by atoms with Gasteiger partial charge in [0.1, 0.15) is 5.58 Å². The Morgan fingerprint density at radius 3 is 2.83 bits per heavy atom. The third-order valence-corrected chi connectivity index (χ3v) is 6.01. The van der Waals surface area contributed by atoms with Crippen LogP contribution in [0, 0.1) is 0 Å². The summed E-state index contributed by atoms with van der Waals surface area (Å²) >= 11 is 10.8. The van der Waals surface area contributed by atoms with Gasteiger partial charge in [0.05, 0.1) is 21.5 Å². The number of aromatic nitrogens is 2. The number of fused-ring (bicyclic) bond motifs is 2. The minimum atomic E-state index is -0.272. The summed E-state index contributed by atoms with van der Waals surface area (Å²) < 4.78 is 8.83. The van der Waals surface area contributed by atoms with E-state index in [9.17, 15) is 4.79 Å². The molecule has 0 radical (unpaired) electrons. The van der Waals surface area contributed by atoms with E-state index < -0.39 is 0 Å². The monoisotopic (exact) mass is 483 g/mol. The van der Waals surface area contributed by atoms with Crippen LogP contribution in [0.15, 0.2) is 79.4 Å². The SMILES string of the molecule is O=c1c2ccccc2nc(-c2cc3cc(Br)ccc3o2)n1N=Cc1ccc(Cl)s1. The van der Waals surface area contributed by atoms with E-state index in [1.807, 2.05) is 36.4 Å². The molecule has 5 aromatic rings. The minimum absolute atomic E-state index is 0.272. The molecule has 2 aromatic carbocycles. The molecule has 0 bridgehead atoms. The van der Waals surface area contributed by atoms with Crippen molar-refractivity contribution in [2.75, 3.05) is 0 Å². The lowest BCUT2D eigenvalue weighted by Gasteiger charge is -2.06. The fraction of sp³-hybridized carbons (Fsp3) is 0. The Kier molecular flexibility index (Phi) is 4.58. The highest BCUT2D eigenvalue weighted by molar-refractivity contribution is 9.10. The Bertz CT molecular complexity index is 1470. The summed E-state index contributed by atoms with van der Waals surface area (Å²) in [6.07, 6.45) is 1.59. The molecule has 0 amide bonds. The summed E-state index contributed by atoms with van der Waals surface area (Å²) in [6.45, 7) is 0. The molecule has 8 heteroatoms. The normalized spacial score (nSPS) is 11.8. The van der Waals surface area contributed by atoms with Crippen LogP contribution in [0.3, 0.4) is 0 Å². The Morgan fingerprint density at radius 2 is 2.00 bits per heavy atom. The van der Waals surface area contributed by atoms with Crippen molar-refractivity contribution in [3.05, 3.63) is 84.7 Å². The molecule has 0 N–H and O–H groups in total. The zero-order valence-corrected chi connectivity index (χ0v) is 17.8. The van der Waals surface area contributed by atoms with Gasteiger partial charge in [-0.2, -0.15) is 9.78 Å². The quantitative estimate of drug-likeness (QED) is 0.288. The van der Waals surface area contributed by atoms with Gasteiger partial charge in [-0.05, 0) is 48.5 Å². The van der Waals surface area contributed by atoms with Crippen LogP contribution in [0.1, 0.15) is 4.88 Å². The van der Waals surface area contributed by atoms with Crippen molar-refractivity contribution in [2.45, 2.75) is 0 Å². The molecular weight excluding hydrogens is 474 g/mol. The lowest BCUT2D eigenvalue weighted by atomic mass is 10.2. The van der Waals surface area contributed by atoms with E-state index >= 15 is 0 Å². The van der Waals surface area contributed by atoms with Crippen LogP contribution in [0.4, 0.5) is 0 Å². The van der Waals surface area contributed by atoms with Gasteiger partial charge in [-0.3, -0.25) is 4.79 Å². The van der Waals surface area contributed by atoms with E-state index in [0.717, 1.165) is 14.7 Å². The predicted molar refractivity (Wildman–Crippen MR) is 121 cm³/mol. The van der Waals surface area contributed by atoms with Crippen LogP contribution in [0.25, 0.3) is 33.5 Å². The molecule has 29 heavy (non-hydrogen) atoms. The fourth-order valence-corrected chi connectivity index (χ4v) is 4.33. The first kappa shape index (κ1) is 18.3. The first-order valence-electron chi connectivity index (χ1n) is 8.59. The average Bonchev–Trinajstić information content (AvgIpc) is 3.32. The first-order valence-corrected chi connectivity index (χ1v) is 10.6. The smallest absolute Gasteiger partial charge is 0.282 e. The lowest BCUT2D eigenvalue weighted by Crippen LogP contribution is -2.20. The molecule has 5 rings (SSSR count). The number of furan rings is 1. The third kappa shape index (κ3) is 3.42. The maximum Gasteiger partial charge on any atom is 0.282 e. The van der Waals surface area contributed by atoms with E-state index in [4.69, 9.17) is 16.0 Å². The van der Waals surface area contributed by atoms with Gasteiger partial charge in [0, 0.05) is 14.7 Å². The summed E-state index contributed by atoms with van der Waals surface area (Å²) in [5.41, 5.74) is 1.01. The third-order valence-electron chi connectivity index (χ3n) is 4.35. The van der Waals surface area contributed by atoms with Crippen LogP contribution in [-0.2, 0) is 0 Å². The number of rotatable bonds is 3. The van der Waals surface area contributed by atoms with E-state index in [2.05, 4.69) is 26.0 Å². The molecule has 0 aliphatic carbocycles. The zero-order chi connectivity index (χ0) is 20.0. The van der Waals surface area contributed by atoms with E-state index in [1.54, 1.807) is 30.5 Å². The van der Waals surface area contributed by atoms with Crippen molar-refractivity contribution in [3.63, 3.8) is 0 Å². The zero-order valence-electron chi connectivity index (χ0n) is 14.7. The molecule has 0 aliphatic heterocycles. The fourth-order valence-electron chi connectivity index (χ4n) is 3.03. The van der Waals surface area contributed by atoms with Crippen molar-refractivity contribution in [2.24, 2.45) is 5.10 Å². The van der Waals surface area contributed by atoms with Crippen molar-refractivity contribution in [1.82, 2.24) is 9.66 Å². The molecule has 3 heterocycles. The highest BCUT2D eigenvalue weighted by Crippen LogP contribution is 2.29. The highest BCUT2D eigenvalue weighted by atomic mass is 79.9. The lowest BCUT2D eigenvalue weighted by molar-refractivity contribution is 0.616. The Morgan fingerprint density at radius 1 is 1.14 bits per heavy atom. The van der Waals surface area contributed by atoms with Gasteiger partial charge in [-0.1, -0.05) is 39.7 Å². The number of para-hydroxylation sites is 1. The van der Waals surface area contributed by atoms with Gasteiger partial charge in [0.15, 0.2) is 5.76 Å². The molecule has 0 saturated carbocycles. The van der Waals surface area contributed by atoms with Crippen molar-refractivity contribution >= 4 is 67.0 Å².